The molecule has 0 bridgehead atoms. The van der Waals surface area contributed by atoms with Crippen molar-refractivity contribution in [1.29, 1.82) is 0 Å². The summed E-state index contributed by atoms with van der Waals surface area (Å²) in [6.45, 7) is 4.33. The number of rotatable bonds is 4. The minimum absolute atomic E-state index is 0.306. The van der Waals surface area contributed by atoms with Gasteiger partial charge in [-0.05, 0) is 38.1 Å². The second kappa shape index (κ2) is 7.40. The summed E-state index contributed by atoms with van der Waals surface area (Å²) in [5, 5.41) is 10.7. The zero-order chi connectivity index (χ0) is 17.8. The summed E-state index contributed by atoms with van der Waals surface area (Å²) in [7, 11) is 0. The first kappa shape index (κ1) is 17.0. The molecule has 1 heterocycles. The lowest BCUT2D eigenvalue weighted by atomic mass is 10.2. The Hall–Kier alpha value is -2.79. The van der Waals surface area contributed by atoms with Crippen LogP contribution in [-0.2, 0) is 6.54 Å². The molecule has 6 heteroatoms. The molecule has 0 fully saturated rings. The fourth-order valence-electron chi connectivity index (χ4n) is 2.65. The van der Waals surface area contributed by atoms with E-state index in [9.17, 15) is 4.79 Å². The zero-order valence-corrected chi connectivity index (χ0v) is 14.8. The van der Waals surface area contributed by atoms with Crippen molar-refractivity contribution in [2.24, 2.45) is 0 Å². The molecule has 2 amide bonds. The first-order valence-electron chi connectivity index (χ1n) is 7.96. The SMILES string of the molecule is Cc1nn(-c2ccccc2)c(C)c1CNC(=O)Nc1ccccc1Cl. The van der Waals surface area contributed by atoms with Crippen molar-refractivity contribution in [1.82, 2.24) is 15.1 Å². The lowest BCUT2D eigenvalue weighted by molar-refractivity contribution is 0.251. The average molecular weight is 355 g/mol. The van der Waals surface area contributed by atoms with Crippen LogP contribution in [0, 0.1) is 13.8 Å². The number of anilines is 1. The van der Waals surface area contributed by atoms with Crippen LogP contribution in [0.4, 0.5) is 10.5 Å². The third-order valence-corrected chi connectivity index (χ3v) is 4.32. The fourth-order valence-corrected chi connectivity index (χ4v) is 2.83. The number of nitrogens with zero attached hydrogens (tertiary/aromatic N) is 2. The summed E-state index contributed by atoms with van der Waals surface area (Å²) in [5.41, 5.74) is 4.46. The van der Waals surface area contributed by atoms with Crippen molar-refractivity contribution in [3.05, 3.63) is 76.6 Å². The summed E-state index contributed by atoms with van der Waals surface area (Å²) in [6.07, 6.45) is 0. The Labute approximate surface area is 151 Å². The molecule has 5 nitrogen and oxygen atoms in total. The maximum Gasteiger partial charge on any atom is 0.319 e. The molecule has 25 heavy (non-hydrogen) atoms. The second-order valence-electron chi connectivity index (χ2n) is 5.68. The van der Waals surface area contributed by atoms with E-state index in [1.54, 1.807) is 12.1 Å². The van der Waals surface area contributed by atoms with Crippen LogP contribution in [-0.4, -0.2) is 15.8 Å². The van der Waals surface area contributed by atoms with E-state index < -0.39 is 0 Å². The van der Waals surface area contributed by atoms with Crippen molar-refractivity contribution >= 4 is 23.3 Å². The summed E-state index contributed by atoms with van der Waals surface area (Å²) in [4.78, 5) is 12.1. The Morgan fingerprint density at radius 2 is 1.76 bits per heavy atom. The van der Waals surface area contributed by atoms with Crippen molar-refractivity contribution < 1.29 is 4.79 Å². The quantitative estimate of drug-likeness (QED) is 0.726. The number of nitrogens with one attached hydrogen (secondary N) is 2. The Kier molecular flexibility index (Phi) is 5.05. The molecule has 0 aliphatic carbocycles. The molecule has 1 aromatic heterocycles. The highest BCUT2D eigenvalue weighted by Crippen LogP contribution is 2.20. The summed E-state index contributed by atoms with van der Waals surface area (Å²) in [5.74, 6) is 0. The highest BCUT2D eigenvalue weighted by Gasteiger charge is 2.14. The third-order valence-electron chi connectivity index (χ3n) is 3.99. The van der Waals surface area contributed by atoms with E-state index in [0.29, 0.717) is 17.3 Å². The van der Waals surface area contributed by atoms with Crippen molar-refractivity contribution in [3.63, 3.8) is 0 Å². The van der Waals surface area contributed by atoms with Crippen LogP contribution in [0.15, 0.2) is 54.6 Å². The Balaban J connectivity index is 1.70. The number of urea groups is 1. The maximum absolute atomic E-state index is 12.1. The number of aromatic nitrogens is 2. The average Bonchev–Trinajstić information content (AvgIpc) is 2.90. The van der Waals surface area contributed by atoms with Gasteiger partial charge in [0.1, 0.15) is 0 Å². The first-order valence-corrected chi connectivity index (χ1v) is 8.34. The summed E-state index contributed by atoms with van der Waals surface area (Å²) in [6, 6.07) is 16.7. The molecule has 0 aliphatic heterocycles. The molecule has 0 unspecified atom stereocenters. The molecular weight excluding hydrogens is 336 g/mol. The Morgan fingerprint density at radius 3 is 2.48 bits per heavy atom. The fraction of sp³-hybridized carbons (Fsp3) is 0.158. The minimum atomic E-state index is -0.306. The molecule has 128 valence electrons. The molecule has 0 aliphatic rings. The molecule has 2 aromatic carbocycles. The van der Waals surface area contributed by atoms with Crippen LogP contribution in [0.1, 0.15) is 17.0 Å². The van der Waals surface area contributed by atoms with E-state index >= 15 is 0 Å². The molecule has 3 rings (SSSR count). The molecule has 0 saturated heterocycles. The van der Waals surface area contributed by atoms with E-state index in [1.165, 1.54) is 0 Å². The van der Waals surface area contributed by atoms with Gasteiger partial charge < -0.3 is 10.6 Å². The molecule has 0 spiro atoms. The van der Waals surface area contributed by atoms with E-state index in [4.69, 9.17) is 11.6 Å². The van der Waals surface area contributed by atoms with Gasteiger partial charge in [-0.15, -0.1) is 0 Å². The van der Waals surface area contributed by atoms with Crippen LogP contribution in [0.2, 0.25) is 5.02 Å². The smallest absolute Gasteiger partial charge is 0.319 e. The van der Waals surface area contributed by atoms with Gasteiger partial charge in [0.05, 0.1) is 22.1 Å². The maximum atomic E-state index is 12.1. The standard InChI is InChI=1S/C19H19ClN4O/c1-13-16(14(2)24(23-13)15-8-4-3-5-9-15)12-21-19(25)22-18-11-7-6-10-17(18)20/h3-11H,12H2,1-2H3,(H2,21,22,25). The van der Waals surface area contributed by atoms with Crippen LogP contribution in [0.3, 0.4) is 0 Å². The van der Waals surface area contributed by atoms with Crippen LogP contribution in [0.5, 0.6) is 0 Å². The van der Waals surface area contributed by atoms with E-state index in [1.807, 2.05) is 61.0 Å². The van der Waals surface area contributed by atoms with Gasteiger partial charge in [0, 0.05) is 17.8 Å². The number of carbonyl (C=O) groups excluding carboxylic acids is 1. The van der Waals surface area contributed by atoms with Crippen LogP contribution < -0.4 is 10.6 Å². The second-order valence-corrected chi connectivity index (χ2v) is 6.09. The van der Waals surface area contributed by atoms with Crippen molar-refractivity contribution in [2.45, 2.75) is 20.4 Å². The van der Waals surface area contributed by atoms with Gasteiger partial charge in [-0.3, -0.25) is 0 Å². The van der Waals surface area contributed by atoms with Gasteiger partial charge in [0.2, 0.25) is 0 Å². The monoisotopic (exact) mass is 354 g/mol. The Bertz CT molecular complexity index is 890. The summed E-state index contributed by atoms with van der Waals surface area (Å²) < 4.78 is 1.89. The Morgan fingerprint density at radius 1 is 1.08 bits per heavy atom. The lowest BCUT2D eigenvalue weighted by Gasteiger charge is -2.09. The van der Waals surface area contributed by atoms with Gasteiger partial charge in [-0.1, -0.05) is 41.9 Å². The molecule has 2 N–H and O–H groups in total. The van der Waals surface area contributed by atoms with Crippen LogP contribution >= 0.6 is 11.6 Å². The molecule has 3 aromatic rings. The molecular formula is C19H19ClN4O. The molecule has 0 saturated carbocycles. The van der Waals surface area contributed by atoms with E-state index in [0.717, 1.165) is 22.6 Å². The van der Waals surface area contributed by atoms with Gasteiger partial charge in [0.15, 0.2) is 0 Å². The first-order chi connectivity index (χ1) is 12.1. The highest BCUT2D eigenvalue weighted by molar-refractivity contribution is 6.33. The number of hydrogen-bond acceptors (Lipinski definition) is 2. The number of para-hydroxylation sites is 2. The van der Waals surface area contributed by atoms with Crippen molar-refractivity contribution in [2.75, 3.05) is 5.32 Å². The zero-order valence-electron chi connectivity index (χ0n) is 14.1. The number of hydrogen-bond donors (Lipinski definition) is 2. The highest BCUT2D eigenvalue weighted by atomic mass is 35.5. The molecule has 0 atom stereocenters. The molecule has 0 radical (unpaired) electrons. The number of amides is 2. The van der Waals surface area contributed by atoms with Gasteiger partial charge in [0.25, 0.3) is 0 Å². The van der Waals surface area contributed by atoms with Gasteiger partial charge in [-0.25, -0.2) is 9.48 Å². The van der Waals surface area contributed by atoms with Crippen LogP contribution in [0.25, 0.3) is 5.69 Å². The number of aryl methyl sites for hydroxylation is 1. The number of carbonyl (C=O) groups is 1. The van der Waals surface area contributed by atoms with E-state index in [-0.39, 0.29) is 6.03 Å². The number of halogens is 1. The van der Waals surface area contributed by atoms with Crippen molar-refractivity contribution in [3.8, 4) is 5.69 Å². The predicted octanol–water partition coefficient (Wildman–Crippen LogP) is 4.46. The van der Waals surface area contributed by atoms with Gasteiger partial charge in [-0.2, -0.15) is 5.10 Å². The third kappa shape index (κ3) is 3.83. The number of benzene rings is 2. The topological polar surface area (TPSA) is 59.0 Å². The van der Waals surface area contributed by atoms with Gasteiger partial charge >= 0.3 is 6.03 Å². The minimum Gasteiger partial charge on any atom is -0.334 e. The van der Waals surface area contributed by atoms with E-state index in [2.05, 4.69) is 15.7 Å². The lowest BCUT2D eigenvalue weighted by Crippen LogP contribution is -2.28. The largest absolute Gasteiger partial charge is 0.334 e. The predicted molar refractivity (Wildman–Crippen MR) is 100 cm³/mol. The normalized spacial score (nSPS) is 10.5. The summed E-state index contributed by atoms with van der Waals surface area (Å²) >= 11 is 6.05.